The fraction of sp³-hybridized carbons (Fsp3) is 0.429. The Bertz CT molecular complexity index is 588. The third kappa shape index (κ3) is 2.42. The Morgan fingerprint density at radius 3 is 2.84 bits per heavy atom. The van der Waals surface area contributed by atoms with E-state index in [2.05, 4.69) is 41.5 Å². The lowest BCUT2D eigenvalue weighted by molar-refractivity contribution is 0.340. The maximum absolute atomic E-state index is 5.65. The van der Waals surface area contributed by atoms with Crippen LogP contribution in [0.25, 0.3) is 0 Å². The van der Waals surface area contributed by atoms with E-state index in [-0.39, 0.29) is 11.5 Å². The summed E-state index contributed by atoms with van der Waals surface area (Å²) in [6.45, 7) is 7.00. The fourth-order valence-corrected chi connectivity index (χ4v) is 2.83. The zero-order valence-corrected chi connectivity index (χ0v) is 12.1. The molecule has 0 saturated carbocycles. The van der Waals surface area contributed by atoms with Gasteiger partial charge in [-0.25, -0.2) is 4.98 Å². The first-order valence-electron chi connectivity index (χ1n) is 6.36. The van der Waals surface area contributed by atoms with Crippen molar-refractivity contribution in [3.8, 4) is 5.75 Å². The van der Waals surface area contributed by atoms with Crippen LogP contribution >= 0.6 is 11.5 Å². The van der Waals surface area contributed by atoms with E-state index in [0.29, 0.717) is 6.61 Å². The van der Waals surface area contributed by atoms with Gasteiger partial charge in [-0.3, -0.25) is 0 Å². The van der Waals surface area contributed by atoms with Gasteiger partial charge < -0.3 is 10.1 Å². The van der Waals surface area contributed by atoms with Gasteiger partial charge in [-0.2, -0.15) is 4.37 Å². The normalized spacial score (nSPS) is 17.9. The zero-order chi connectivity index (χ0) is 13.5. The van der Waals surface area contributed by atoms with Gasteiger partial charge in [0.25, 0.3) is 0 Å². The van der Waals surface area contributed by atoms with Crippen LogP contribution in [0.3, 0.4) is 0 Å². The highest BCUT2D eigenvalue weighted by atomic mass is 32.1. The lowest BCUT2D eigenvalue weighted by Crippen LogP contribution is -2.14. The second-order valence-corrected chi connectivity index (χ2v) is 6.47. The quantitative estimate of drug-likeness (QED) is 0.912. The minimum atomic E-state index is -0.0134. The Morgan fingerprint density at radius 1 is 1.32 bits per heavy atom. The van der Waals surface area contributed by atoms with E-state index < -0.39 is 0 Å². The number of nitrogens with one attached hydrogen (secondary N) is 1. The minimum absolute atomic E-state index is 0.0134. The number of nitrogens with zero attached hydrogens (tertiary/aromatic N) is 2. The summed E-state index contributed by atoms with van der Waals surface area (Å²) >= 11 is 1.41. The molecule has 1 atom stereocenters. The van der Waals surface area contributed by atoms with Crippen molar-refractivity contribution >= 4 is 16.7 Å². The van der Waals surface area contributed by atoms with Crippen molar-refractivity contribution in [2.75, 3.05) is 11.9 Å². The highest BCUT2D eigenvalue weighted by Gasteiger charge is 2.25. The van der Waals surface area contributed by atoms with Gasteiger partial charge in [0.15, 0.2) is 0 Å². The molecule has 19 heavy (non-hydrogen) atoms. The van der Waals surface area contributed by atoms with Gasteiger partial charge in [-0.05, 0) is 6.07 Å². The Balaban J connectivity index is 1.78. The number of rotatable bonds is 2. The molecule has 0 amide bonds. The maximum Gasteiger partial charge on any atom is 0.203 e. The number of hydrogen-bond donors (Lipinski definition) is 1. The van der Waals surface area contributed by atoms with Crippen molar-refractivity contribution in [3.05, 3.63) is 35.7 Å². The fourth-order valence-electron chi connectivity index (χ4n) is 2.02. The monoisotopic (exact) mass is 275 g/mol. The van der Waals surface area contributed by atoms with E-state index in [9.17, 15) is 0 Å². The molecule has 0 bridgehead atoms. The first-order valence-corrected chi connectivity index (χ1v) is 7.14. The van der Waals surface area contributed by atoms with E-state index in [4.69, 9.17) is 4.74 Å². The van der Waals surface area contributed by atoms with Crippen molar-refractivity contribution in [1.82, 2.24) is 9.36 Å². The summed E-state index contributed by atoms with van der Waals surface area (Å²) in [5.41, 5.74) is 1.18. The van der Waals surface area contributed by atoms with Gasteiger partial charge in [0.05, 0.1) is 6.04 Å². The number of aromatic nitrogens is 2. The maximum atomic E-state index is 5.65. The van der Waals surface area contributed by atoms with E-state index in [1.807, 2.05) is 18.2 Å². The van der Waals surface area contributed by atoms with Crippen molar-refractivity contribution in [1.29, 1.82) is 0 Å². The summed E-state index contributed by atoms with van der Waals surface area (Å²) in [6.07, 6.45) is 0. The van der Waals surface area contributed by atoms with E-state index >= 15 is 0 Å². The molecule has 1 aromatic carbocycles. The molecule has 1 aliphatic rings. The third-order valence-corrected chi connectivity index (χ3v) is 3.74. The molecular formula is C14H17N3OS. The third-order valence-electron chi connectivity index (χ3n) is 3.09. The number of anilines is 1. The average molecular weight is 275 g/mol. The molecule has 100 valence electrons. The van der Waals surface area contributed by atoms with Crippen molar-refractivity contribution in [2.45, 2.75) is 32.2 Å². The molecule has 1 N–H and O–H groups in total. The Kier molecular flexibility index (Phi) is 2.93. The predicted molar refractivity (Wildman–Crippen MR) is 76.9 cm³/mol. The topological polar surface area (TPSA) is 47.0 Å². The molecule has 1 aliphatic heterocycles. The number of para-hydroxylation sites is 1. The molecule has 2 aromatic rings. The average Bonchev–Trinajstić information content (AvgIpc) is 2.97. The smallest absolute Gasteiger partial charge is 0.203 e. The molecule has 0 spiro atoms. The summed E-state index contributed by atoms with van der Waals surface area (Å²) in [4.78, 5) is 4.56. The molecule has 0 fully saturated rings. The van der Waals surface area contributed by atoms with Crippen LogP contribution in [0.1, 0.15) is 38.2 Å². The molecule has 1 aromatic heterocycles. The summed E-state index contributed by atoms with van der Waals surface area (Å²) in [5.74, 6) is 1.84. The molecular weight excluding hydrogens is 258 g/mol. The lowest BCUT2D eigenvalue weighted by atomic mass is 9.96. The van der Waals surface area contributed by atoms with Crippen LogP contribution in [0.15, 0.2) is 24.3 Å². The summed E-state index contributed by atoms with van der Waals surface area (Å²) in [6, 6.07) is 8.27. The first kappa shape index (κ1) is 12.4. The molecule has 2 heterocycles. The van der Waals surface area contributed by atoms with Crippen LogP contribution in [0.4, 0.5) is 5.13 Å². The first-order chi connectivity index (χ1) is 9.04. The summed E-state index contributed by atoms with van der Waals surface area (Å²) in [5, 5.41) is 4.27. The van der Waals surface area contributed by atoms with Crippen LogP contribution < -0.4 is 10.1 Å². The van der Waals surface area contributed by atoms with Crippen LogP contribution in [0, 0.1) is 0 Å². The van der Waals surface area contributed by atoms with E-state index in [0.717, 1.165) is 16.7 Å². The van der Waals surface area contributed by atoms with Crippen LogP contribution in [-0.2, 0) is 5.41 Å². The molecule has 1 unspecified atom stereocenters. The van der Waals surface area contributed by atoms with Gasteiger partial charge in [0.2, 0.25) is 5.13 Å². The number of fused-ring (bicyclic) bond motifs is 1. The lowest BCUT2D eigenvalue weighted by Gasteiger charge is -2.13. The summed E-state index contributed by atoms with van der Waals surface area (Å²) < 4.78 is 10.1. The Morgan fingerprint density at radius 2 is 2.11 bits per heavy atom. The molecule has 5 heteroatoms. The number of hydrogen-bond acceptors (Lipinski definition) is 5. The van der Waals surface area contributed by atoms with Gasteiger partial charge in [0, 0.05) is 22.5 Å². The zero-order valence-electron chi connectivity index (χ0n) is 11.3. The summed E-state index contributed by atoms with van der Waals surface area (Å²) in [7, 11) is 0. The SMILES string of the molecule is CC(C)(C)c1nsc(NC2COc3ccccc32)n1. The van der Waals surface area contributed by atoms with Crippen LogP contribution in [0.2, 0.25) is 0 Å². The Hall–Kier alpha value is -1.62. The predicted octanol–water partition coefficient (Wildman–Crippen LogP) is 3.38. The molecule has 4 nitrogen and oxygen atoms in total. The highest BCUT2D eigenvalue weighted by molar-refractivity contribution is 7.09. The van der Waals surface area contributed by atoms with Crippen molar-refractivity contribution in [3.63, 3.8) is 0 Å². The van der Waals surface area contributed by atoms with Crippen LogP contribution in [-0.4, -0.2) is 16.0 Å². The molecule has 3 rings (SSSR count). The van der Waals surface area contributed by atoms with Gasteiger partial charge in [0.1, 0.15) is 18.2 Å². The van der Waals surface area contributed by atoms with Crippen LogP contribution in [0.5, 0.6) is 5.75 Å². The molecule has 0 radical (unpaired) electrons. The second kappa shape index (κ2) is 4.49. The second-order valence-electron chi connectivity index (χ2n) is 5.72. The Labute approximate surface area is 117 Å². The van der Waals surface area contributed by atoms with Gasteiger partial charge in [-0.15, -0.1) is 0 Å². The molecule has 0 aliphatic carbocycles. The number of benzene rings is 1. The highest BCUT2D eigenvalue weighted by Crippen LogP contribution is 2.34. The van der Waals surface area contributed by atoms with Crippen molar-refractivity contribution in [2.24, 2.45) is 0 Å². The molecule has 0 saturated heterocycles. The standard InChI is InChI=1S/C14H17N3OS/c1-14(2,3)12-16-13(19-17-12)15-10-8-18-11-7-5-4-6-9(10)11/h4-7,10H,8H2,1-3H3,(H,15,16,17). The van der Waals surface area contributed by atoms with E-state index in [1.54, 1.807) is 0 Å². The van der Waals surface area contributed by atoms with Crippen molar-refractivity contribution < 1.29 is 4.74 Å². The number of ether oxygens (including phenoxy) is 1. The van der Waals surface area contributed by atoms with Gasteiger partial charge >= 0.3 is 0 Å². The minimum Gasteiger partial charge on any atom is -0.491 e. The van der Waals surface area contributed by atoms with E-state index in [1.165, 1.54) is 17.1 Å². The largest absolute Gasteiger partial charge is 0.491 e. The van der Waals surface area contributed by atoms with Gasteiger partial charge in [-0.1, -0.05) is 39.0 Å².